The van der Waals surface area contributed by atoms with Gasteiger partial charge in [-0.15, -0.1) is 0 Å². The van der Waals surface area contributed by atoms with Gasteiger partial charge < -0.3 is 14.8 Å². The van der Waals surface area contributed by atoms with Crippen molar-refractivity contribution in [1.29, 1.82) is 0 Å². The molecule has 0 saturated carbocycles. The van der Waals surface area contributed by atoms with Crippen molar-refractivity contribution in [3.8, 4) is 0 Å². The smallest absolute Gasteiger partial charge is 0.317 e. The number of aromatic nitrogens is 1. The summed E-state index contributed by atoms with van der Waals surface area (Å²) in [6.07, 6.45) is 9.13. The van der Waals surface area contributed by atoms with Crippen molar-refractivity contribution in [2.75, 3.05) is 7.05 Å². The van der Waals surface area contributed by atoms with E-state index in [1.807, 2.05) is 23.9 Å². The van der Waals surface area contributed by atoms with Crippen LogP contribution in [-0.4, -0.2) is 28.6 Å². The summed E-state index contributed by atoms with van der Waals surface area (Å²) in [7, 11) is 3.73. The number of rotatable bonds is 3. The number of allylic oxidation sites excluding steroid dienone is 1. The van der Waals surface area contributed by atoms with Crippen LogP contribution in [0.1, 0.15) is 25.0 Å². The number of hydrogen-bond donors (Lipinski definition) is 1. The maximum Gasteiger partial charge on any atom is 0.317 e. The third-order valence-corrected chi connectivity index (χ3v) is 3.62. The van der Waals surface area contributed by atoms with Gasteiger partial charge in [0.2, 0.25) is 0 Å². The molecule has 0 aromatic carbocycles. The summed E-state index contributed by atoms with van der Waals surface area (Å²) in [6.45, 7) is 0.553. The first-order chi connectivity index (χ1) is 9.06. The van der Waals surface area contributed by atoms with Gasteiger partial charge in [-0.05, 0) is 25.3 Å². The van der Waals surface area contributed by atoms with E-state index in [1.165, 1.54) is 0 Å². The average molecular weight is 282 g/mol. The average Bonchev–Trinajstić information content (AvgIpc) is 2.69. The van der Waals surface area contributed by atoms with E-state index in [4.69, 9.17) is 11.6 Å². The van der Waals surface area contributed by atoms with Gasteiger partial charge in [0.15, 0.2) is 0 Å². The minimum Gasteiger partial charge on any atom is -0.351 e. The van der Waals surface area contributed by atoms with Crippen LogP contribution in [0.4, 0.5) is 4.79 Å². The Balaban J connectivity index is 1.88. The van der Waals surface area contributed by atoms with E-state index < -0.39 is 0 Å². The Morgan fingerprint density at radius 2 is 2.37 bits per heavy atom. The molecule has 1 aromatic rings. The molecule has 0 aliphatic heterocycles. The SMILES string of the molecule is CN(Cc1cc(Cl)cn1C)C(=O)NC1CC=CCC1. The van der Waals surface area contributed by atoms with Gasteiger partial charge in [-0.1, -0.05) is 23.8 Å². The van der Waals surface area contributed by atoms with Gasteiger partial charge in [-0.25, -0.2) is 4.79 Å². The fourth-order valence-corrected chi connectivity index (χ4v) is 2.52. The van der Waals surface area contributed by atoms with Crippen LogP contribution in [0.15, 0.2) is 24.4 Å². The van der Waals surface area contributed by atoms with Gasteiger partial charge in [0.1, 0.15) is 0 Å². The normalized spacial score (nSPS) is 18.4. The van der Waals surface area contributed by atoms with Gasteiger partial charge in [0, 0.05) is 32.0 Å². The maximum atomic E-state index is 12.1. The van der Waals surface area contributed by atoms with Gasteiger partial charge in [-0.3, -0.25) is 0 Å². The largest absolute Gasteiger partial charge is 0.351 e. The topological polar surface area (TPSA) is 37.3 Å². The summed E-state index contributed by atoms with van der Waals surface area (Å²) < 4.78 is 1.94. The van der Waals surface area contributed by atoms with Crippen molar-refractivity contribution in [1.82, 2.24) is 14.8 Å². The maximum absolute atomic E-state index is 12.1. The highest BCUT2D eigenvalue weighted by molar-refractivity contribution is 6.30. The summed E-state index contributed by atoms with van der Waals surface area (Å²) >= 11 is 5.94. The highest BCUT2D eigenvalue weighted by Crippen LogP contribution is 2.15. The van der Waals surface area contributed by atoms with Crippen LogP contribution < -0.4 is 5.32 Å². The zero-order chi connectivity index (χ0) is 13.8. The minimum atomic E-state index is -0.0300. The van der Waals surface area contributed by atoms with Gasteiger partial charge >= 0.3 is 6.03 Å². The van der Waals surface area contributed by atoms with Gasteiger partial charge in [-0.2, -0.15) is 0 Å². The highest BCUT2D eigenvalue weighted by Gasteiger charge is 2.16. The quantitative estimate of drug-likeness (QED) is 0.850. The Morgan fingerprint density at radius 1 is 1.58 bits per heavy atom. The molecule has 1 aromatic heterocycles. The Hall–Kier alpha value is -1.42. The zero-order valence-corrected chi connectivity index (χ0v) is 12.2. The van der Waals surface area contributed by atoms with Gasteiger partial charge in [0.05, 0.1) is 11.6 Å². The molecule has 1 N–H and O–H groups in total. The van der Waals surface area contributed by atoms with Gasteiger partial charge in [0.25, 0.3) is 0 Å². The Kier molecular flexibility index (Phi) is 4.53. The molecule has 0 fully saturated rings. The van der Waals surface area contributed by atoms with Crippen molar-refractivity contribution in [2.24, 2.45) is 7.05 Å². The lowest BCUT2D eigenvalue weighted by atomic mass is 10.0. The number of aryl methyl sites for hydroxylation is 1. The molecule has 2 amide bonds. The van der Waals surface area contributed by atoms with E-state index in [-0.39, 0.29) is 12.1 Å². The number of nitrogens with zero attached hydrogens (tertiary/aromatic N) is 2. The molecule has 2 rings (SSSR count). The zero-order valence-electron chi connectivity index (χ0n) is 11.4. The summed E-state index contributed by atoms with van der Waals surface area (Å²) in [5.74, 6) is 0. The van der Waals surface area contributed by atoms with Crippen LogP contribution in [-0.2, 0) is 13.6 Å². The van der Waals surface area contributed by atoms with Crippen molar-refractivity contribution < 1.29 is 4.79 Å². The summed E-state index contributed by atoms with van der Waals surface area (Å²) in [4.78, 5) is 13.8. The molecule has 1 atom stereocenters. The third-order valence-electron chi connectivity index (χ3n) is 3.42. The summed E-state index contributed by atoms with van der Waals surface area (Å²) in [6, 6.07) is 2.11. The monoisotopic (exact) mass is 281 g/mol. The standard InChI is InChI=1S/C14H20ClN3O/c1-17-9-11(15)8-13(17)10-18(2)14(19)16-12-6-4-3-5-7-12/h3-4,8-9,12H,5-7,10H2,1-2H3,(H,16,19). The van der Waals surface area contributed by atoms with Crippen LogP contribution in [0.2, 0.25) is 5.02 Å². The second kappa shape index (κ2) is 6.15. The fraction of sp³-hybridized carbons (Fsp3) is 0.500. The fourth-order valence-electron chi connectivity index (χ4n) is 2.25. The molecule has 0 saturated heterocycles. The van der Waals surface area contributed by atoms with E-state index in [0.717, 1.165) is 25.0 Å². The van der Waals surface area contributed by atoms with Crippen LogP contribution in [0, 0.1) is 0 Å². The lowest BCUT2D eigenvalue weighted by Gasteiger charge is -2.24. The molecule has 104 valence electrons. The number of halogens is 1. The van der Waals surface area contributed by atoms with Crippen LogP contribution in [0.25, 0.3) is 0 Å². The number of amides is 2. The molecule has 1 aliphatic carbocycles. The first kappa shape index (κ1) is 14.0. The summed E-state index contributed by atoms with van der Waals surface area (Å²) in [5.41, 5.74) is 1.02. The van der Waals surface area contributed by atoms with E-state index in [2.05, 4.69) is 17.5 Å². The predicted molar refractivity (Wildman–Crippen MR) is 77.2 cm³/mol. The van der Waals surface area contributed by atoms with Crippen LogP contribution >= 0.6 is 11.6 Å². The number of carbonyl (C=O) groups is 1. The van der Waals surface area contributed by atoms with E-state index in [0.29, 0.717) is 11.6 Å². The Labute approximate surface area is 119 Å². The van der Waals surface area contributed by atoms with Crippen LogP contribution in [0.3, 0.4) is 0 Å². The number of hydrogen-bond acceptors (Lipinski definition) is 1. The third kappa shape index (κ3) is 3.77. The van der Waals surface area contributed by atoms with Crippen molar-refractivity contribution in [3.05, 3.63) is 35.1 Å². The molecular formula is C14H20ClN3O. The molecule has 5 heteroatoms. The summed E-state index contributed by atoms with van der Waals surface area (Å²) in [5, 5.41) is 3.76. The highest BCUT2D eigenvalue weighted by atomic mass is 35.5. The van der Waals surface area contributed by atoms with Crippen molar-refractivity contribution in [2.45, 2.75) is 31.8 Å². The number of carbonyl (C=O) groups excluding carboxylic acids is 1. The second-order valence-electron chi connectivity index (χ2n) is 5.05. The van der Waals surface area contributed by atoms with Crippen molar-refractivity contribution in [3.63, 3.8) is 0 Å². The molecule has 1 aliphatic rings. The second-order valence-corrected chi connectivity index (χ2v) is 5.48. The lowest BCUT2D eigenvalue weighted by Crippen LogP contribution is -2.43. The molecule has 1 unspecified atom stereocenters. The lowest BCUT2D eigenvalue weighted by molar-refractivity contribution is 0.200. The Bertz CT molecular complexity index is 481. The first-order valence-corrected chi connectivity index (χ1v) is 6.91. The minimum absolute atomic E-state index is 0.0300. The van der Waals surface area contributed by atoms with E-state index >= 15 is 0 Å². The molecule has 0 radical (unpaired) electrons. The molecule has 0 spiro atoms. The van der Waals surface area contributed by atoms with E-state index in [1.54, 1.807) is 11.9 Å². The predicted octanol–water partition coefficient (Wildman–Crippen LogP) is 2.93. The number of nitrogens with one attached hydrogen (secondary N) is 1. The first-order valence-electron chi connectivity index (χ1n) is 6.53. The molecule has 4 nitrogen and oxygen atoms in total. The molecule has 0 bridgehead atoms. The van der Waals surface area contributed by atoms with Crippen LogP contribution in [0.5, 0.6) is 0 Å². The molecular weight excluding hydrogens is 262 g/mol. The number of urea groups is 1. The molecule has 19 heavy (non-hydrogen) atoms. The molecule has 1 heterocycles. The Morgan fingerprint density at radius 3 is 2.95 bits per heavy atom. The van der Waals surface area contributed by atoms with Crippen molar-refractivity contribution >= 4 is 17.6 Å². The van der Waals surface area contributed by atoms with E-state index in [9.17, 15) is 4.79 Å².